The number of nitrogens with zero attached hydrogens (tertiary/aromatic N) is 8. The standard InChI is InChI=1S/C20H18ClN9O2/c1-27-17(31)9-29(20(27)32)14-4-12(11-2-3-11)7-28-8-13(25-18(14)28)6-22-16-5-15(21)26-19-23-10-24-30(16)19/h4-5,7-8,10-11,22H,2-3,6,9H2,1H3. The van der Waals surface area contributed by atoms with Crippen LogP contribution in [0.1, 0.15) is 30.0 Å². The number of hydrogen-bond acceptors (Lipinski definition) is 7. The average molecular weight is 452 g/mol. The summed E-state index contributed by atoms with van der Waals surface area (Å²) in [7, 11) is 1.50. The lowest BCUT2D eigenvalue weighted by Gasteiger charge is -2.17. The zero-order valence-electron chi connectivity index (χ0n) is 17.1. The number of carbonyl (C=O) groups is 2. The third-order valence-electron chi connectivity index (χ3n) is 5.80. The van der Waals surface area contributed by atoms with Gasteiger partial charge in [0.05, 0.1) is 17.9 Å². The fourth-order valence-corrected chi connectivity index (χ4v) is 4.13. The van der Waals surface area contributed by atoms with E-state index in [0.29, 0.717) is 40.5 Å². The Kier molecular flexibility index (Phi) is 4.09. The molecule has 1 saturated heterocycles. The van der Waals surface area contributed by atoms with Crippen molar-refractivity contribution in [3.63, 3.8) is 0 Å². The van der Waals surface area contributed by atoms with Crippen molar-refractivity contribution in [2.45, 2.75) is 25.3 Å². The molecule has 162 valence electrons. The van der Waals surface area contributed by atoms with Crippen LogP contribution in [0.4, 0.5) is 16.3 Å². The van der Waals surface area contributed by atoms with Crippen molar-refractivity contribution in [1.29, 1.82) is 0 Å². The summed E-state index contributed by atoms with van der Waals surface area (Å²) in [5.41, 5.74) is 3.17. The molecular weight excluding hydrogens is 434 g/mol. The number of pyridine rings is 1. The van der Waals surface area contributed by atoms with Gasteiger partial charge in [-0.1, -0.05) is 11.6 Å². The van der Waals surface area contributed by atoms with Crippen LogP contribution < -0.4 is 10.2 Å². The second kappa shape index (κ2) is 6.89. The van der Waals surface area contributed by atoms with Gasteiger partial charge < -0.3 is 9.72 Å². The van der Waals surface area contributed by atoms with Gasteiger partial charge >= 0.3 is 6.03 Å². The predicted octanol–water partition coefficient (Wildman–Crippen LogP) is 2.31. The lowest BCUT2D eigenvalue weighted by Crippen LogP contribution is -2.30. The minimum Gasteiger partial charge on any atom is -0.364 e. The molecule has 12 heteroatoms. The maximum absolute atomic E-state index is 12.7. The van der Waals surface area contributed by atoms with E-state index in [0.717, 1.165) is 29.0 Å². The number of halogens is 1. The van der Waals surface area contributed by atoms with Gasteiger partial charge in [0, 0.05) is 25.5 Å². The maximum atomic E-state index is 12.7. The summed E-state index contributed by atoms with van der Waals surface area (Å²) < 4.78 is 3.49. The van der Waals surface area contributed by atoms with Crippen LogP contribution in [-0.2, 0) is 11.3 Å². The zero-order valence-corrected chi connectivity index (χ0v) is 17.8. The van der Waals surface area contributed by atoms with Gasteiger partial charge in [-0.3, -0.25) is 14.6 Å². The molecule has 11 nitrogen and oxygen atoms in total. The summed E-state index contributed by atoms with van der Waals surface area (Å²) in [5.74, 6) is 1.28. The van der Waals surface area contributed by atoms with Crippen molar-refractivity contribution in [2.75, 3.05) is 23.8 Å². The van der Waals surface area contributed by atoms with Gasteiger partial charge in [-0.2, -0.15) is 19.6 Å². The number of likely N-dealkylation sites (N-methyl/N-ethyl adjacent to an activating group) is 1. The summed E-state index contributed by atoms with van der Waals surface area (Å²) in [4.78, 5) is 40.3. The van der Waals surface area contributed by atoms with E-state index >= 15 is 0 Å². The van der Waals surface area contributed by atoms with Crippen LogP contribution in [0.15, 0.2) is 30.9 Å². The van der Waals surface area contributed by atoms with Gasteiger partial charge in [-0.05, 0) is 30.4 Å². The number of rotatable bonds is 5. The third kappa shape index (κ3) is 3.04. The van der Waals surface area contributed by atoms with E-state index in [2.05, 4.69) is 26.6 Å². The molecule has 3 amide bonds. The van der Waals surface area contributed by atoms with E-state index < -0.39 is 0 Å². The lowest BCUT2D eigenvalue weighted by molar-refractivity contribution is -0.123. The van der Waals surface area contributed by atoms with E-state index in [4.69, 9.17) is 16.6 Å². The zero-order chi connectivity index (χ0) is 22.0. The largest absolute Gasteiger partial charge is 0.364 e. The number of hydrogen-bond donors (Lipinski definition) is 1. The van der Waals surface area contributed by atoms with Crippen LogP contribution in [-0.4, -0.2) is 59.4 Å². The van der Waals surface area contributed by atoms with E-state index in [-0.39, 0.29) is 18.5 Å². The second-order valence-electron chi connectivity index (χ2n) is 8.01. The average Bonchev–Trinajstić information content (AvgIpc) is 3.28. The first-order chi connectivity index (χ1) is 15.5. The summed E-state index contributed by atoms with van der Waals surface area (Å²) in [6.45, 7) is 0.404. The molecular formula is C20H18ClN9O2. The molecule has 1 aliphatic heterocycles. The molecule has 0 radical (unpaired) electrons. The first-order valence-electron chi connectivity index (χ1n) is 10.2. The number of aromatic nitrogens is 6. The van der Waals surface area contributed by atoms with Crippen LogP contribution >= 0.6 is 11.6 Å². The van der Waals surface area contributed by atoms with Gasteiger partial charge in [0.15, 0.2) is 5.65 Å². The molecule has 4 aromatic heterocycles. The molecule has 1 N–H and O–H groups in total. The van der Waals surface area contributed by atoms with E-state index in [9.17, 15) is 9.59 Å². The first-order valence-corrected chi connectivity index (χ1v) is 10.6. The first kappa shape index (κ1) is 19.0. The van der Waals surface area contributed by atoms with Gasteiger partial charge in [-0.25, -0.2) is 9.78 Å². The highest BCUT2D eigenvalue weighted by molar-refractivity contribution is 6.29. The number of urea groups is 1. The Hall–Kier alpha value is -3.73. The smallest absolute Gasteiger partial charge is 0.331 e. The Bertz CT molecular complexity index is 1410. The molecule has 0 bridgehead atoms. The summed E-state index contributed by atoms with van der Waals surface area (Å²) >= 11 is 6.09. The summed E-state index contributed by atoms with van der Waals surface area (Å²) in [6, 6.07) is 3.32. The normalized spacial score (nSPS) is 16.7. The molecule has 4 aromatic rings. The van der Waals surface area contributed by atoms with Crippen LogP contribution in [0.5, 0.6) is 0 Å². The molecule has 0 spiro atoms. The lowest BCUT2D eigenvalue weighted by atomic mass is 10.1. The molecule has 1 aliphatic carbocycles. The van der Waals surface area contributed by atoms with Crippen molar-refractivity contribution in [3.8, 4) is 0 Å². The van der Waals surface area contributed by atoms with Gasteiger partial charge in [0.2, 0.25) is 5.91 Å². The van der Waals surface area contributed by atoms with E-state index in [1.807, 2.05) is 16.7 Å². The number of amides is 3. The van der Waals surface area contributed by atoms with Crippen molar-refractivity contribution in [2.24, 2.45) is 0 Å². The summed E-state index contributed by atoms with van der Waals surface area (Å²) in [5, 5.41) is 7.73. The number of imidazole rings is 1. The summed E-state index contributed by atoms with van der Waals surface area (Å²) in [6.07, 6.45) is 7.63. The van der Waals surface area contributed by atoms with Crippen molar-refractivity contribution >= 4 is 46.5 Å². The second-order valence-corrected chi connectivity index (χ2v) is 8.39. The van der Waals surface area contributed by atoms with Crippen molar-refractivity contribution in [3.05, 3.63) is 47.3 Å². The van der Waals surface area contributed by atoms with Gasteiger partial charge in [0.1, 0.15) is 23.8 Å². The molecule has 0 aromatic carbocycles. The molecule has 0 atom stereocenters. The van der Waals surface area contributed by atoms with Gasteiger partial charge in [0.25, 0.3) is 5.78 Å². The minimum absolute atomic E-state index is 0.0132. The molecule has 1 saturated carbocycles. The maximum Gasteiger partial charge on any atom is 0.331 e. The highest BCUT2D eigenvalue weighted by atomic mass is 35.5. The van der Waals surface area contributed by atoms with E-state index in [1.165, 1.54) is 18.3 Å². The number of nitrogens with one attached hydrogen (secondary N) is 1. The topological polar surface area (TPSA) is 113 Å². The molecule has 5 heterocycles. The Morgan fingerprint density at radius 2 is 2.03 bits per heavy atom. The van der Waals surface area contributed by atoms with E-state index in [1.54, 1.807) is 10.6 Å². The Morgan fingerprint density at radius 3 is 2.78 bits per heavy atom. The molecule has 32 heavy (non-hydrogen) atoms. The Balaban J connectivity index is 1.37. The monoisotopic (exact) mass is 451 g/mol. The van der Waals surface area contributed by atoms with Crippen molar-refractivity contribution < 1.29 is 9.59 Å². The molecule has 2 aliphatic rings. The van der Waals surface area contributed by atoms with Crippen LogP contribution in [0, 0.1) is 0 Å². The Labute approximate surface area is 186 Å². The highest BCUT2D eigenvalue weighted by Gasteiger charge is 2.36. The molecule has 2 fully saturated rings. The highest BCUT2D eigenvalue weighted by Crippen LogP contribution is 2.42. The SMILES string of the molecule is CN1C(=O)CN(c2cc(C3CC3)cn3cc(CNc4cc(Cl)nc5ncnn45)nc23)C1=O. The number of fused-ring (bicyclic) bond motifs is 2. The van der Waals surface area contributed by atoms with Crippen LogP contribution in [0.3, 0.4) is 0 Å². The number of carbonyl (C=O) groups excluding carboxylic acids is 2. The fourth-order valence-electron chi connectivity index (χ4n) is 3.95. The molecule has 6 rings (SSSR count). The van der Waals surface area contributed by atoms with Crippen LogP contribution in [0.25, 0.3) is 11.4 Å². The fraction of sp³-hybridized carbons (Fsp3) is 0.300. The predicted molar refractivity (Wildman–Crippen MR) is 116 cm³/mol. The third-order valence-corrected chi connectivity index (χ3v) is 5.99. The van der Waals surface area contributed by atoms with Crippen molar-refractivity contribution in [1.82, 2.24) is 33.9 Å². The number of imide groups is 1. The molecule has 0 unspecified atom stereocenters. The van der Waals surface area contributed by atoms with Gasteiger partial charge in [-0.15, -0.1) is 0 Å². The Morgan fingerprint density at radius 1 is 1.19 bits per heavy atom. The minimum atomic E-state index is -0.340. The number of anilines is 2. The quantitative estimate of drug-likeness (QED) is 0.366. The van der Waals surface area contributed by atoms with Crippen LogP contribution in [0.2, 0.25) is 5.15 Å².